The van der Waals surface area contributed by atoms with E-state index in [1.165, 1.54) is 4.90 Å². The molecule has 0 aliphatic heterocycles. The van der Waals surface area contributed by atoms with Crippen LogP contribution >= 0.6 is 0 Å². The first kappa shape index (κ1) is 34.7. The molecule has 8 nitrogen and oxygen atoms in total. The molecule has 0 spiro atoms. The highest BCUT2D eigenvalue weighted by atomic mass is 32.2. The summed E-state index contributed by atoms with van der Waals surface area (Å²) in [6, 6.07) is 29.6. The number of para-hydroxylation sites is 1. The number of carbonyl (C=O) groups excluding carboxylic acids is 2. The molecule has 1 atom stereocenters. The van der Waals surface area contributed by atoms with Crippen molar-refractivity contribution in [1.29, 1.82) is 0 Å². The minimum Gasteiger partial charge on any atom is -0.457 e. The summed E-state index contributed by atoms with van der Waals surface area (Å²) in [5, 5.41) is 3.19. The Morgan fingerprint density at radius 1 is 0.792 bits per heavy atom. The fourth-order valence-corrected chi connectivity index (χ4v) is 7.44. The first-order valence-corrected chi connectivity index (χ1v) is 18.2. The van der Waals surface area contributed by atoms with E-state index in [4.69, 9.17) is 4.74 Å². The van der Waals surface area contributed by atoms with Gasteiger partial charge in [-0.1, -0.05) is 91.9 Å². The third-order valence-corrected chi connectivity index (χ3v) is 10.6. The molecule has 1 aliphatic rings. The normalized spacial score (nSPS) is 14.1. The van der Waals surface area contributed by atoms with Gasteiger partial charge in [-0.15, -0.1) is 0 Å². The highest BCUT2D eigenvalue weighted by molar-refractivity contribution is 7.92. The highest BCUT2D eigenvalue weighted by Gasteiger charge is 2.34. The van der Waals surface area contributed by atoms with Crippen LogP contribution in [0, 0.1) is 13.8 Å². The molecule has 1 aliphatic carbocycles. The van der Waals surface area contributed by atoms with Gasteiger partial charge in [0.05, 0.1) is 10.6 Å². The number of carbonyl (C=O) groups is 2. The molecule has 0 radical (unpaired) electrons. The Labute approximate surface area is 284 Å². The lowest BCUT2D eigenvalue weighted by molar-refractivity contribution is -0.140. The fourth-order valence-electron chi connectivity index (χ4n) is 6.03. The lowest BCUT2D eigenvalue weighted by Gasteiger charge is -2.34. The third kappa shape index (κ3) is 8.83. The van der Waals surface area contributed by atoms with E-state index >= 15 is 0 Å². The monoisotopic (exact) mass is 667 g/mol. The van der Waals surface area contributed by atoms with E-state index in [0.29, 0.717) is 23.6 Å². The van der Waals surface area contributed by atoms with Gasteiger partial charge in [-0.3, -0.25) is 13.9 Å². The molecule has 1 saturated carbocycles. The summed E-state index contributed by atoms with van der Waals surface area (Å²) in [7, 11) is -4.18. The molecule has 48 heavy (non-hydrogen) atoms. The van der Waals surface area contributed by atoms with E-state index in [-0.39, 0.29) is 23.4 Å². The Morgan fingerprint density at radius 2 is 1.38 bits per heavy atom. The minimum absolute atomic E-state index is 0.0673. The maximum absolute atomic E-state index is 14.5. The van der Waals surface area contributed by atoms with Crippen molar-refractivity contribution in [3.63, 3.8) is 0 Å². The molecule has 4 aromatic carbocycles. The standard InChI is InChI=1S/C39H45N3O5S/c1-4-37(39(44)40-32-11-7-5-8-12-32)41(27-31-19-15-29(2)16-20-31)38(43)28-42(48(45,46)36-25-17-30(3)18-26-36)33-21-23-35(24-22-33)47-34-13-9-6-10-14-34/h6,9-10,13-26,32,37H,4-5,7-8,11-12,27-28H2,1-3H3,(H,40,44)/t37-/m0/s1. The van der Waals surface area contributed by atoms with Gasteiger partial charge in [0.15, 0.2) is 0 Å². The van der Waals surface area contributed by atoms with E-state index in [1.807, 2.05) is 75.4 Å². The second-order valence-electron chi connectivity index (χ2n) is 12.5. The van der Waals surface area contributed by atoms with Crippen LogP contribution in [0.5, 0.6) is 11.5 Å². The van der Waals surface area contributed by atoms with Gasteiger partial charge in [0.2, 0.25) is 11.8 Å². The minimum atomic E-state index is -4.18. The van der Waals surface area contributed by atoms with Crippen LogP contribution in [0.15, 0.2) is 108 Å². The highest BCUT2D eigenvalue weighted by Crippen LogP contribution is 2.29. The molecule has 0 aromatic heterocycles. The number of ether oxygens (including phenoxy) is 1. The van der Waals surface area contributed by atoms with Crippen molar-refractivity contribution in [1.82, 2.24) is 10.2 Å². The molecule has 9 heteroatoms. The predicted octanol–water partition coefficient (Wildman–Crippen LogP) is 7.55. The Bertz CT molecular complexity index is 1750. The van der Waals surface area contributed by atoms with Gasteiger partial charge in [0.25, 0.3) is 10.0 Å². The third-order valence-electron chi connectivity index (χ3n) is 8.80. The molecular weight excluding hydrogens is 623 g/mol. The summed E-state index contributed by atoms with van der Waals surface area (Å²) >= 11 is 0. The van der Waals surface area contributed by atoms with Crippen LogP contribution in [-0.2, 0) is 26.2 Å². The van der Waals surface area contributed by atoms with Gasteiger partial charge in [-0.2, -0.15) is 0 Å². The lowest BCUT2D eigenvalue weighted by atomic mass is 9.95. The Morgan fingerprint density at radius 3 is 1.98 bits per heavy atom. The number of hydrogen-bond donors (Lipinski definition) is 1. The number of nitrogens with one attached hydrogen (secondary N) is 1. The zero-order valence-electron chi connectivity index (χ0n) is 28.0. The summed E-state index contributed by atoms with van der Waals surface area (Å²) in [5.41, 5.74) is 3.15. The lowest BCUT2D eigenvalue weighted by Crippen LogP contribution is -2.54. The Balaban J connectivity index is 1.48. The molecule has 1 N–H and O–H groups in total. The summed E-state index contributed by atoms with van der Waals surface area (Å²) in [6.45, 7) is 5.43. The van der Waals surface area contributed by atoms with Crippen LogP contribution < -0.4 is 14.4 Å². The molecule has 0 heterocycles. The van der Waals surface area contributed by atoms with E-state index in [2.05, 4.69) is 5.32 Å². The summed E-state index contributed by atoms with van der Waals surface area (Å²) in [4.78, 5) is 29.8. The SMILES string of the molecule is CC[C@@H](C(=O)NC1CCCCC1)N(Cc1ccc(C)cc1)C(=O)CN(c1ccc(Oc2ccccc2)cc1)S(=O)(=O)c1ccc(C)cc1. The number of nitrogens with zero attached hydrogens (tertiary/aromatic N) is 2. The average Bonchev–Trinajstić information content (AvgIpc) is 3.09. The van der Waals surface area contributed by atoms with E-state index in [9.17, 15) is 18.0 Å². The van der Waals surface area contributed by atoms with Crippen LogP contribution in [-0.4, -0.2) is 43.8 Å². The van der Waals surface area contributed by atoms with Crippen molar-refractivity contribution in [2.75, 3.05) is 10.8 Å². The molecular formula is C39H45N3O5S. The van der Waals surface area contributed by atoms with E-state index in [0.717, 1.165) is 53.1 Å². The van der Waals surface area contributed by atoms with Gasteiger partial charge < -0.3 is 15.0 Å². The quantitative estimate of drug-likeness (QED) is 0.159. The number of aryl methyl sites for hydroxylation is 2. The van der Waals surface area contributed by atoms with Crippen LogP contribution in [0.4, 0.5) is 5.69 Å². The second kappa shape index (κ2) is 16.0. The van der Waals surface area contributed by atoms with Gasteiger partial charge in [0.1, 0.15) is 24.1 Å². The second-order valence-corrected chi connectivity index (χ2v) is 14.4. The summed E-state index contributed by atoms with van der Waals surface area (Å²) in [6.07, 6.45) is 5.50. The topological polar surface area (TPSA) is 96.0 Å². The van der Waals surface area contributed by atoms with Crippen molar-refractivity contribution < 1.29 is 22.7 Å². The smallest absolute Gasteiger partial charge is 0.264 e. The molecule has 0 unspecified atom stereocenters. The summed E-state index contributed by atoms with van der Waals surface area (Å²) < 4.78 is 35.6. The van der Waals surface area contributed by atoms with Gasteiger partial charge >= 0.3 is 0 Å². The first-order valence-electron chi connectivity index (χ1n) is 16.7. The number of amides is 2. The number of hydrogen-bond acceptors (Lipinski definition) is 5. The largest absolute Gasteiger partial charge is 0.457 e. The summed E-state index contributed by atoms with van der Waals surface area (Å²) in [5.74, 6) is 0.491. The van der Waals surface area contributed by atoms with Crippen molar-refractivity contribution >= 4 is 27.5 Å². The van der Waals surface area contributed by atoms with Crippen LogP contribution in [0.25, 0.3) is 0 Å². The Kier molecular flexibility index (Phi) is 11.5. The maximum Gasteiger partial charge on any atom is 0.264 e. The predicted molar refractivity (Wildman–Crippen MR) is 189 cm³/mol. The number of sulfonamides is 1. The van der Waals surface area contributed by atoms with Gasteiger partial charge in [-0.25, -0.2) is 8.42 Å². The number of rotatable bonds is 13. The molecule has 252 valence electrons. The van der Waals surface area contributed by atoms with Crippen molar-refractivity contribution in [3.8, 4) is 11.5 Å². The van der Waals surface area contributed by atoms with Crippen molar-refractivity contribution in [3.05, 3.63) is 120 Å². The molecule has 1 fully saturated rings. The molecule has 4 aromatic rings. The van der Waals surface area contributed by atoms with Gasteiger partial charge in [0, 0.05) is 12.6 Å². The Hall–Kier alpha value is -4.63. The first-order chi connectivity index (χ1) is 23.1. The van der Waals surface area contributed by atoms with E-state index in [1.54, 1.807) is 48.5 Å². The molecule has 0 bridgehead atoms. The zero-order valence-corrected chi connectivity index (χ0v) is 28.8. The van der Waals surface area contributed by atoms with Crippen LogP contribution in [0.1, 0.15) is 62.1 Å². The molecule has 5 rings (SSSR count). The van der Waals surface area contributed by atoms with Crippen molar-refractivity contribution in [2.45, 2.75) is 82.8 Å². The average molecular weight is 668 g/mol. The molecule has 0 saturated heterocycles. The zero-order chi connectivity index (χ0) is 34.1. The van der Waals surface area contributed by atoms with E-state index < -0.39 is 28.5 Å². The molecule has 2 amide bonds. The fraction of sp³-hybridized carbons (Fsp3) is 0.333. The number of benzene rings is 4. The van der Waals surface area contributed by atoms with Crippen molar-refractivity contribution in [2.24, 2.45) is 0 Å². The van der Waals surface area contributed by atoms with Crippen LogP contribution in [0.3, 0.4) is 0 Å². The van der Waals surface area contributed by atoms with Gasteiger partial charge in [-0.05, 0) is 87.2 Å². The number of anilines is 1. The maximum atomic E-state index is 14.5. The van der Waals surface area contributed by atoms with Crippen LogP contribution in [0.2, 0.25) is 0 Å².